The minimum absolute atomic E-state index is 0.0426. The van der Waals surface area contributed by atoms with Crippen molar-refractivity contribution in [2.24, 2.45) is 22.6 Å². The smallest absolute Gasteiger partial charge is 0.338 e. The number of carbonyl (C=O) groups is 2. The molecule has 1 saturated carbocycles. The maximum atomic E-state index is 13.6. The number of nitrogens with one attached hydrogen (secondary N) is 1. The number of rotatable bonds is 15. The molecular weight excluding hydrogens is 676 g/mol. The Morgan fingerprint density at radius 1 is 1.14 bits per heavy atom. The van der Waals surface area contributed by atoms with E-state index >= 15 is 0 Å². The van der Waals surface area contributed by atoms with Gasteiger partial charge in [0.1, 0.15) is 18.3 Å². The molecule has 0 amide bonds. The summed E-state index contributed by atoms with van der Waals surface area (Å²) < 4.78 is 22.8. The standard InChI is InChI=1S/C33H48N4O14/c1-2-20-21(9-8-18-14-37(11-13-39)15-22(28(43)44)25(18)36-32(34)35-10-5-12-38)23(29(45)49-19-6-3-4-7-19)17-48-30(20)51-31-27(42)33(46,47)26(41)24(16-40)50-31/h2,8-9,14,17,19-21,24,26-27,30-31,38-42,46-47H,1,3-7,10-13,15-16H2,(H,43,44)(H3,34,35,36)/t20-,21+,24-,26-,27+,30+,31+/m1/s1. The van der Waals surface area contributed by atoms with Crippen molar-refractivity contribution < 1.29 is 69.4 Å². The number of aliphatic carboxylic acids is 1. The Balaban J connectivity index is 1.72. The first-order valence-electron chi connectivity index (χ1n) is 16.7. The van der Waals surface area contributed by atoms with Crippen LogP contribution in [0, 0.1) is 11.8 Å². The zero-order chi connectivity index (χ0) is 37.3. The molecule has 1 aliphatic carbocycles. The van der Waals surface area contributed by atoms with E-state index in [1.54, 1.807) is 17.2 Å². The Morgan fingerprint density at radius 2 is 1.86 bits per heavy atom. The Labute approximate surface area is 294 Å². The van der Waals surface area contributed by atoms with Crippen LogP contribution >= 0.6 is 0 Å². The van der Waals surface area contributed by atoms with Gasteiger partial charge >= 0.3 is 11.9 Å². The van der Waals surface area contributed by atoms with E-state index in [0.29, 0.717) is 19.3 Å². The maximum Gasteiger partial charge on any atom is 0.338 e. The summed E-state index contributed by atoms with van der Waals surface area (Å²) in [6.07, 6.45) is 1.24. The molecule has 18 nitrogen and oxygen atoms in total. The summed E-state index contributed by atoms with van der Waals surface area (Å²) in [4.78, 5) is 31.7. The van der Waals surface area contributed by atoms with E-state index in [1.807, 2.05) is 0 Å². The minimum atomic E-state index is -3.13. The number of allylic oxidation sites excluding steroid dienone is 2. The van der Waals surface area contributed by atoms with Crippen molar-refractivity contribution in [1.29, 1.82) is 0 Å². The molecule has 51 heavy (non-hydrogen) atoms. The molecule has 18 heteroatoms. The molecule has 0 spiro atoms. The molecule has 0 aromatic rings. The van der Waals surface area contributed by atoms with Crippen LogP contribution in [0.5, 0.6) is 0 Å². The van der Waals surface area contributed by atoms with Gasteiger partial charge in [-0.3, -0.25) is 4.99 Å². The summed E-state index contributed by atoms with van der Waals surface area (Å²) >= 11 is 0. The van der Waals surface area contributed by atoms with Crippen LogP contribution in [0.2, 0.25) is 0 Å². The highest BCUT2D eigenvalue weighted by Crippen LogP contribution is 2.38. The summed E-state index contributed by atoms with van der Waals surface area (Å²) in [5, 5.41) is 82.8. The van der Waals surface area contributed by atoms with Crippen LogP contribution in [0.15, 0.2) is 64.7 Å². The van der Waals surface area contributed by atoms with Crippen molar-refractivity contribution in [2.75, 3.05) is 39.5 Å². The molecule has 0 unspecified atom stereocenters. The van der Waals surface area contributed by atoms with Crippen molar-refractivity contribution in [3.63, 3.8) is 0 Å². The molecule has 0 radical (unpaired) electrons. The van der Waals surface area contributed by atoms with Crippen molar-refractivity contribution in [3.8, 4) is 0 Å². The quantitative estimate of drug-likeness (QED) is 0.0211. The molecule has 1 saturated heterocycles. The number of aliphatic hydroxyl groups is 7. The first-order valence-corrected chi connectivity index (χ1v) is 16.7. The highest BCUT2D eigenvalue weighted by molar-refractivity contribution is 5.92. The molecule has 4 aliphatic rings. The van der Waals surface area contributed by atoms with Crippen molar-refractivity contribution >= 4 is 17.9 Å². The lowest BCUT2D eigenvalue weighted by Gasteiger charge is -2.46. The average Bonchev–Trinajstić information content (AvgIpc) is 3.61. The fourth-order valence-electron chi connectivity index (χ4n) is 6.19. The highest BCUT2D eigenvalue weighted by Gasteiger charge is 2.56. The fourth-order valence-corrected chi connectivity index (χ4v) is 6.19. The van der Waals surface area contributed by atoms with Gasteiger partial charge in [-0.15, -0.1) is 6.58 Å². The van der Waals surface area contributed by atoms with Gasteiger partial charge in [0.05, 0.1) is 48.8 Å². The molecule has 3 heterocycles. The van der Waals surface area contributed by atoms with Gasteiger partial charge in [0.25, 0.3) is 0 Å². The molecule has 11 N–H and O–H groups in total. The van der Waals surface area contributed by atoms with Gasteiger partial charge in [0.15, 0.2) is 18.4 Å². The molecule has 284 valence electrons. The summed E-state index contributed by atoms with van der Waals surface area (Å²) in [5.41, 5.74) is 6.36. The zero-order valence-electron chi connectivity index (χ0n) is 28.0. The number of hydrogen-bond acceptors (Lipinski definition) is 15. The molecule has 0 aromatic heterocycles. The van der Waals surface area contributed by atoms with E-state index < -0.39 is 67.1 Å². The summed E-state index contributed by atoms with van der Waals surface area (Å²) in [6, 6.07) is 0. The molecular formula is C33H48N4O14. The Hall–Kier alpha value is -3.85. The second-order valence-electron chi connectivity index (χ2n) is 12.5. The zero-order valence-corrected chi connectivity index (χ0v) is 28.0. The van der Waals surface area contributed by atoms with E-state index in [0.717, 1.165) is 19.1 Å². The normalized spacial score (nSPS) is 30.1. The van der Waals surface area contributed by atoms with Gasteiger partial charge in [0, 0.05) is 37.4 Å². The lowest BCUT2D eigenvalue weighted by molar-refractivity contribution is -0.404. The van der Waals surface area contributed by atoms with Crippen LogP contribution < -0.4 is 11.1 Å². The van der Waals surface area contributed by atoms with Gasteiger partial charge < -0.3 is 75.8 Å². The number of carbonyl (C=O) groups excluding carboxylic acids is 1. The molecule has 0 bridgehead atoms. The van der Waals surface area contributed by atoms with Gasteiger partial charge in [-0.2, -0.15) is 0 Å². The number of guanidine groups is 1. The van der Waals surface area contributed by atoms with Crippen LogP contribution in [-0.4, -0.2) is 146 Å². The van der Waals surface area contributed by atoms with E-state index in [2.05, 4.69) is 16.9 Å². The Morgan fingerprint density at radius 3 is 2.49 bits per heavy atom. The Bertz CT molecular complexity index is 1410. The van der Waals surface area contributed by atoms with Crippen LogP contribution in [0.3, 0.4) is 0 Å². The second kappa shape index (κ2) is 18.1. The van der Waals surface area contributed by atoms with Crippen molar-refractivity contribution in [2.45, 2.75) is 74.9 Å². The number of hydrogen-bond donors (Lipinski definition) is 10. The van der Waals surface area contributed by atoms with Crippen molar-refractivity contribution in [3.05, 3.63) is 59.7 Å². The molecule has 2 fully saturated rings. The number of aliphatic hydroxyl groups excluding tert-OH is 5. The van der Waals surface area contributed by atoms with Crippen LogP contribution in [0.1, 0.15) is 32.1 Å². The van der Waals surface area contributed by atoms with Gasteiger partial charge in [0.2, 0.25) is 12.1 Å². The predicted molar refractivity (Wildman–Crippen MR) is 176 cm³/mol. The predicted octanol–water partition coefficient (Wildman–Crippen LogP) is -2.36. The number of aliphatic imine (C=N–C) groups is 1. The van der Waals surface area contributed by atoms with Crippen LogP contribution in [-0.2, 0) is 28.5 Å². The maximum absolute atomic E-state index is 13.6. The van der Waals surface area contributed by atoms with E-state index in [-0.39, 0.29) is 67.3 Å². The lowest BCUT2D eigenvalue weighted by Crippen LogP contribution is -2.68. The third kappa shape index (κ3) is 9.53. The minimum Gasteiger partial charge on any atom is -0.478 e. The summed E-state index contributed by atoms with van der Waals surface area (Å²) in [6.45, 7) is 2.78. The largest absolute Gasteiger partial charge is 0.478 e. The van der Waals surface area contributed by atoms with E-state index in [1.165, 1.54) is 12.2 Å². The number of β-amino-alcohol motifs (C(OH)–C–C–N with tert-alkyl or cyclic N) is 1. The highest BCUT2D eigenvalue weighted by atomic mass is 16.8. The number of carboxylic acids is 1. The first kappa shape index (κ1) is 39.9. The van der Waals surface area contributed by atoms with E-state index in [4.69, 9.17) is 29.8 Å². The number of ether oxygens (including phenoxy) is 4. The van der Waals surface area contributed by atoms with Gasteiger partial charge in [-0.25, -0.2) is 9.59 Å². The monoisotopic (exact) mass is 724 g/mol. The lowest BCUT2D eigenvalue weighted by atomic mass is 9.83. The third-order valence-corrected chi connectivity index (χ3v) is 8.99. The molecule has 7 atom stereocenters. The first-order chi connectivity index (χ1) is 24.4. The van der Waals surface area contributed by atoms with Crippen molar-refractivity contribution in [1.82, 2.24) is 10.2 Å². The number of nitrogens with zero attached hydrogens (tertiary/aromatic N) is 2. The second-order valence-corrected chi connectivity index (χ2v) is 12.5. The Kier molecular flexibility index (Phi) is 14.1. The molecule has 3 aliphatic heterocycles. The average molecular weight is 725 g/mol. The van der Waals surface area contributed by atoms with Gasteiger partial charge in [-0.05, 0) is 32.1 Å². The van der Waals surface area contributed by atoms with E-state index in [9.17, 15) is 45.3 Å². The fraction of sp³-hybridized carbons (Fsp3) is 0.606. The van der Waals surface area contributed by atoms with Crippen LogP contribution in [0.4, 0.5) is 0 Å². The summed E-state index contributed by atoms with van der Waals surface area (Å²) in [5.74, 6) is -7.10. The number of esters is 1. The molecule has 4 rings (SSSR count). The number of nitrogens with two attached hydrogens (primary N) is 1. The van der Waals surface area contributed by atoms with Gasteiger partial charge in [-0.1, -0.05) is 18.2 Å². The van der Waals surface area contributed by atoms with Crippen LogP contribution in [0.25, 0.3) is 0 Å². The molecule has 0 aromatic carbocycles. The SMILES string of the molecule is C=C[C@H]1[C@H](O[C@@H]2O[C@H](CO)[C@@H](O)C(O)(O)[C@H]2O)OC=C(C(=O)OC2CCCC2)[C@H]1C=CC1=CN(CCO)CC(C(=O)O)=C1NC(N)=NCCCO. The topological polar surface area (TPSA) is 287 Å². The number of carboxylic acid groups (broad SMARTS) is 1. The third-order valence-electron chi connectivity index (χ3n) is 8.99. The summed E-state index contributed by atoms with van der Waals surface area (Å²) in [7, 11) is 0.